The van der Waals surface area contributed by atoms with Gasteiger partial charge in [0.05, 0.1) is 43.1 Å². The van der Waals surface area contributed by atoms with Gasteiger partial charge in [-0.25, -0.2) is 14.4 Å². The number of hydrogen-bond acceptors (Lipinski definition) is 7. The van der Waals surface area contributed by atoms with Crippen LogP contribution in [0.25, 0.3) is 0 Å². The summed E-state index contributed by atoms with van der Waals surface area (Å²) in [5.74, 6) is 0.865. The Hall–Kier alpha value is -2.48. The Bertz CT molecular complexity index is 841. The Kier molecular flexibility index (Phi) is 5.05. The average molecular weight is 387 g/mol. The van der Waals surface area contributed by atoms with Gasteiger partial charge in [0.25, 0.3) is 0 Å². The Labute approximate surface area is 164 Å². The topological polar surface area (TPSA) is 71.9 Å². The quantitative estimate of drug-likeness (QED) is 0.857. The number of aromatic nitrogens is 2. The lowest BCUT2D eigenvalue weighted by Gasteiger charge is -2.39. The highest BCUT2D eigenvalue weighted by Gasteiger charge is 2.34. The first kappa shape index (κ1) is 18.9. The van der Waals surface area contributed by atoms with Crippen molar-refractivity contribution in [3.63, 3.8) is 0 Å². The van der Waals surface area contributed by atoms with Crippen molar-refractivity contribution in [1.29, 1.82) is 0 Å². The van der Waals surface area contributed by atoms with Crippen LogP contribution < -0.4 is 10.3 Å². The number of morpholine rings is 1. The molecule has 1 aromatic rings. The van der Waals surface area contributed by atoms with E-state index in [0.717, 1.165) is 11.4 Å². The normalized spacial score (nSPS) is 27.4. The van der Waals surface area contributed by atoms with Crippen molar-refractivity contribution in [1.82, 2.24) is 15.4 Å². The number of nitrogens with one attached hydrogen (secondary N) is 1. The first-order valence-electron chi connectivity index (χ1n) is 9.73. The minimum absolute atomic E-state index is 0.0983. The number of rotatable bonds is 4. The molecule has 8 heteroatoms. The summed E-state index contributed by atoms with van der Waals surface area (Å²) in [5.41, 5.74) is 5.34. The number of anilines is 1. The smallest absolute Gasteiger partial charge is 0.151 e. The van der Waals surface area contributed by atoms with Crippen LogP contribution in [0.15, 0.2) is 40.7 Å². The fraction of sp³-hybridized carbons (Fsp3) is 0.550. The van der Waals surface area contributed by atoms with Crippen LogP contribution in [0.2, 0.25) is 0 Å². The Balaban J connectivity index is 1.65. The lowest BCUT2D eigenvalue weighted by molar-refractivity contribution is 0.0752. The summed E-state index contributed by atoms with van der Waals surface area (Å²) in [4.78, 5) is 11.2. The van der Waals surface area contributed by atoms with E-state index in [9.17, 15) is 4.39 Å². The van der Waals surface area contributed by atoms with Crippen molar-refractivity contribution in [2.24, 2.45) is 5.10 Å². The second kappa shape index (κ2) is 7.50. The van der Waals surface area contributed by atoms with Gasteiger partial charge in [0.2, 0.25) is 0 Å². The van der Waals surface area contributed by atoms with E-state index in [2.05, 4.69) is 39.2 Å². The van der Waals surface area contributed by atoms with Crippen LogP contribution in [0.5, 0.6) is 0 Å². The zero-order valence-electron chi connectivity index (χ0n) is 16.6. The number of hydrazone groups is 1. The van der Waals surface area contributed by atoms with Gasteiger partial charge >= 0.3 is 0 Å². The third kappa shape index (κ3) is 3.48. The predicted octanol–water partition coefficient (Wildman–Crippen LogP) is 2.70. The lowest BCUT2D eigenvalue weighted by atomic mass is 9.93. The molecule has 1 N–H and O–H groups in total. The summed E-state index contributed by atoms with van der Waals surface area (Å²) >= 11 is 0. The molecule has 3 aliphatic rings. The minimum Gasteiger partial charge on any atom is -0.488 e. The molecule has 4 rings (SSSR count). The lowest BCUT2D eigenvalue weighted by Crippen LogP contribution is -2.50. The summed E-state index contributed by atoms with van der Waals surface area (Å²) in [6.07, 6.45) is 3.42. The summed E-state index contributed by atoms with van der Waals surface area (Å²) < 4.78 is 25.6. The van der Waals surface area contributed by atoms with E-state index >= 15 is 0 Å². The van der Waals surface area contributed by atoms with Crippen molar-refractivity contribution in [3.05, 3.63) is 41.3 Å². The molecule has 1 saturated heterocycles. The van der Waals surface area contributed by atoms with Crippen molar-refractivity contribution >= 4 is 11.5 Å². The highest BCUT2D eigenvalue weighted by atomic mass is 19.1. The maximum atomic E-state index is 14.3. The molecule has 28 heavy (non-hydrogen) atoms. The van der Waals surface area contributed by atoms with Crippen molar-refractivity contribution in [2.45, 2.75) is 58.3 Å². The molecule has 150 valence electrons. The van der Waals surface area contributed by atoms with Crippen LogP contribution in [0.1, 0.15) is 39.8 Å². The molecule has 1 aromatic heterocycles. The van der Waals surface area contributed by atoms with Crippen LogP contribution in [0.4, 0.5) is 10.2 Å². The molecule has 0 saturated carbocycles. The summed E-state index contributed by atoms with van der Waals surface area (Å²) in [6.45, 7) is 9.34. The van der Waals surface area contributed by atoms with Gasteiger partial charge in [0.1, 0.15) is 23.7 Å². The third-order valence-corrected chi connectivity index (χ3v) is 5.11. The summed E-state index contributed by atoms with van der Waals surface area (Å²) in [5, 5.41) is 4.44. The first-order valence-corrected chi connectivity index (χ1v) is 9.73. The molecule has 1 aliphatic carbocycles. The van der Waals surface area contributed by atoms with Crippen LogP contribution in [-0.2, 0) is 9.47 Å². The molecule has 2 aliphatic heterocycles. The van der Waals surface area contributed by atoms with E-state index in [1.165, 1.54) is 0 Å². The van der Waals surface area contributed by atoms with Gasteiger partial charge in [0, 0.05) is 18.1 Å². The zero-order valence-corrected chi connectivity index (χ0v) is 16.6. The maximum Gasteiger partial charge on any atom is 0.151 e. The molecule has 0 amide bonds. The number of fused-ring (bicyclic) bond motifs is 1. The number of nitrogens with zero attached hydrogens (tertiary/aromatic N) is 4. The van der Waals surface area contributed by atoms with E-state index in [0.29, 0.717) is 24.6 Å². The molecule has 0 aromatic carbocycles. The Morgan fingerprint density at radius 1 is 1.25 bits per heavy atom. The highest BCUT2D eigenvalue weighted by molar-refractivity contribution is 6.14. The van der Waals surface area contributed by atoms with Crippen LogP contribution in [-0.4, -0.2) is 53.1 Å². The van der Waals surface area contributed by atoms with E-state index in [1.807, 2.05) is 19.9 Å². The average Bonchev–Trinajstić information content (AvgIpc) is 3.04. The molecule has 0 bridgehead atoms. The SMILES string of the molecule is CC(C)OC1=C(F)CC2NN=C(c3cc(N4[C@H](C)COC[C@H]4C)ncn3)C2=C1. The second-order valence-corrected chi connectivity index (χ2v) is 7.79. The number of hydrogen-bond donors (Lipinski definition) is 1. The predicted molar refractivity (Wildman–Crippen MR) is 105 cm³/mol. The van der Waals surface area contributed by atoms with Gasteiger partial charge in [-0.15, -0.1) is 0 Å². The molecule has 1 fully saturated rings. The fourth-order valence-corrected chi connectivity index (χ4v) is 3.90. The van der Waals surface area contributed by atoms with Crippen molar-refractivity contribution < 1.29 is 13.9 Å². The van der Waals surface area contributed by atoms with Gasteiger partial charge in [-0.3, -0.25) is 0 Å². The van der Waals surface area contributed by atoms with E-state index in [4.69, 9.17) is 9.47 Å². The molecule has 3 atom stereocenters. The van der Waals surface area contributed by atoms with E-state index in [1.54, 1.807) is 12.4 Å². The molecule has 3 heterocycles. The minimum atomic E-state index is -0.259. The van der Waals surface area contributed by atoms with Gasteiger partial charge in [-0.05, 0) is 33.8 Å². The first-order chi connectivity index (χ1) is 13.4. The standard InChI is InChI=1S/C20H26FN5O2/c1-11(2)28-18-5-14-16(6-15(18)21)24-25-20(14)17-7-19(23-10-22-17)26-12(3)8-27-9-13(26)4/h5,7,10-13,16,24H,6,8-9H2,1-4H3/t12-,13-,16?/m1/s1. The third-order valence-electron chi connectivity index (χ3n) is 5.11. The number of halogens is 1. The van der Waals surface area contributed by atoms with Crippen molar-refractivity contribution in [2.75, 3.05) is 18.1 Å². The molecule has 7 nitrogen and oxygen atoms in total. The fourth-order valence-electron chi connectivity index (χ4n) is 3.90. The molecule has 1 unspecified atom stereocenters. The van der Waals surface area contributed by atoms with E-state index in [-0.39, 0.29) is 42.2 Å². The zero-order chi connectivity index (χ0) is 19.8. The molecule has 0 radical (unpaired) electrons. The van der Waals surface area contributed by atoms with Gasteiger partial charge in [0.15, 0.2) is 5.76 Å². The highest BCUT2D eigenvalue weighted by Crippen LogP contribution is 2.32. The van der Waals surface area contributed by atoms with E-state index < -0.39 is 0 Å². The Morgan fingerprint density at radius 3 is 2.71 bits per heavy atom. The van der Waals surface area contributed by atoms with Crippen LogP contribution in [0, 0.1) is 0 Å². The summed E-state index contributed by atoms with van der Waals surface area (Å²) in [6, 6.07) is 2.19. The summed E-state index contributed by atoms with van der Waals surface area (Å²) in [7, 11) is 0. The molecular formula is C20H26FN5O2. The second-order valence-electron chi connectivity index (χ2n) is 7.79. The van der Waals surface area contributed by atoms with Gasteiger partial charge in [-0.2, -0.15) is 5.10 Å². The Morgan fingerprint density at radius 2 is 2.00 bits per heavy atom. The number of ether oxygens (including phenoxy) is 2. The monoisotopic (exact) mass is 387 g/mol. The largest absolute Gasteiger partial charge is 0.488 e. The van der Waals surface area contributed by atoms with Crippen molar-refractivity contribution in [3.8, 4) is 0 Å². The van der Waals surface area contributed by atoms with Gasteiger partial charge in [-0.1, -0.05) is 0 Å². The number of allylic oxidation sites excluding steroid dienone is 1. The van der Waals surface area contributed by atoms with Crippen LogP contribution >= 0.6 is 0 Å². The molecular weight excluding hydrogens is 361 g/mol. The van der Waals surface area contributed by atoms with Gasteiger partial charge < -0.3 is 19.8 Å². The molecule has 0 spiro atoms. The van der Waals surface area contributed by atoms with Crippen LogP contribution in [0.3, 0.4) is 0 Å². The maximum absolute atomic E-state index is 14.3.